The maximum atomic E-state index is 10.9. The van der Waals surface area contributed by atoms with E-state index in [1.54, 1.807) is 0 Å². The molecule has 88 valence electrons. The molecule has 0 bridgehead atoms. The lowest BCUT2D eigenvalue weighted by atomic mass is 10.1. The Morgan fingerprint density at radius 2 is 2.07 bits per heavy atom. The molecular formula is C8H14O6S. The fourth-order valence-electron chi connectivity index (χ4n) is 1.32. The lowest BCUT2D eigenvalue weighted by Gasteiger charge is -2.20. The van der Waals surface area contributed by atoms with Gasteiger partial charge in [-0.05, 0) is 12.8 Å². The lowest BCUT2D eigenvalue weighted by molar-refractivity contribution is -0.144. The molecule has 1 aliphatic rings. The van der Waals surface area contributed by atoms with E-state index in [-0.39, 0.29) is 6.42 Å². The molecule has 0 aromatic rings. The molecular weight excluding hydrogens is 224 g/mol. The summed E-state index contributed by atoms with van der Waals surface area (Å²) in [6.45, 7) is 0. The number of carbonyl (C=O) groups excluding carboxylic acids is 1. The van der Waals surface area contributed by atoms with Crippen molar-refractivity contribution in [2.45, 2.75) is 31.0 Å². The van der Waals surface area contributed by atoms with Crippen LogP contribution in [0, 0.1) is 0 Å². The molecule has 7 heteroatoms. The van der Waals surface area contributed by atoms with Crippen molar-refractivity contribution < 1.29 is 27.2 Å². The van der Waals surface area contributed by atoms with E-state index >= 15 is 0 Å². The highest BCUT2D eigenvalue weighted by Gasteiger charge is 2.53. The van der Waals surface area contributed by atoms with Gasteiger partial charge in [0.1, 0.15) is 5.60 Å². The second kappa shape index (κ2) is 4.07. The normalized spacial score (nSPS) is 20.7. The van der Waals surface area contributed by atoms with E-state index in [4.69, 9.17) is 4.18 Å². The van der Waals surface area contributed by atoms with E-state index < -0.39 is 27.8 Å². The van der Waals surface area contributed by atoms with Crippen LogP contribution in [0.3, 0.4) is 0 Å². The number of ether oxygens (including phenoxy) is 1. The minimum atomic E-state index is -3.62. The summed E-state index contributed by atoms with van der Waals surface area (Å²) >= 11 is 0. The van der Waals surface area contributed by atoms with E-state index in [2.05, 4.69) is 4.74 Å². The molecule has 1 fully saturated rings. The van der Waals surface area contributed by atoms with Gasteiger partial charge in [-0.3, -0.25) is 8.98 Å². The monoisotopic (exact) mass is 238 g/mol. The third kappa shape index (κ3) is 3.44. The van der Waals surface area contributed by atoms with E-state index in [0.29, 0.717) is 12.8 Å². The standard InChI is InChI=1S/C8H14O6S/c1-13-7(10)5-6(9)8(3-4-8)14-15(2,11)12/h6,9H,3-5H2,1-2H3/t6-/m1/s1. The van der Waals surface area contributed by atoms with Gasteiger partial charge in [-0.2, -0.15) is 8.42 Å². The van der Waals surface area contributed by atoms with Crippen LogP contribution in [0.5, 0.6) is 0 Å². The number of rotatable bonds is 5. The zero-order chi connectivity index (χ0) is 11.7. The average molecular weight is 238 g/mol. The van der Waals surface area contributed by atoms with Gasteiger partial charge in [0.05, 0.1) is 25.9 Å². The smallest absolute Gasteiger partial charge is 0.308 e. The molecule has 6 nitrogen and oxygen atoms in total. The quantitative estimate of drug-likeness (QED) is 0.509. The predicted octanol–water partition coefficient (Wildman–Crippen LogP) is -0.581. The fraction of sp³-hybridized carbons (Fsp3) is 0.875. The maximum Gasteiger partial charge on any atom is 0.308 e. The second-order valence-corrected chi connectivity index (χ2v) is 5.22. The van der Waals surface area contributed by atoms with Gasteiger partial charge in [0.25, 0.3) is 10.1 Å². The van der Waals surface area contributed by atoms with E-state index in [0.717, 1.165) is 6.26 Å². The minimum Gasteiger partial charge on any atom is -0.469 e. The summed E-state index contributed by atoms with van der Waals surface area (Å²) in [6.07, 6.45) is 0.375. The zero-order valence-corrected chi connectivity index (χ0v) is 9.41. The first-order valence-corrected chi connectivity index (χ1v) is 6.26. The van der Waals surface area contributed by atoms with Crippen LogP contribution in [0.4, 0.5) is 0 Å². The molecule has 0 amide bonds. The van der Waals surface area contributed by atoms with Crippen LogP contribution < -0.4 is 0 Å². The Morgan fingerprint density at radius 3 is 2.40 bits per heavy atom. The topological polar surface area (TPSA) is 89.9 Å². The molecule has 0 aliphatic heterocycles. The SMILES string of the molecule is COC(=O)C[C@@H](O)C1(OS(C)(=O)=O)CC1. The van der Waals surface area contributed by atoms with E-state index in [1.807, 2.05) is 0 Å². The number of hydrogen-bond acceptors (Lipinski definition) is 6. The summed E-state index contributed by atoms with van der Waals surface area (Å²) in [5.41, 5.74) is -1.11. The molecule has 1 rings (SSSR count). The summed E-state index contributed by atoms with van der Waals surface area (Å²) in [5, 5.41) is 9.61. The van der Waals surface area contributed by atoms with Crippen molar-refractivity contribution in [1.82, 2.24) is 0 Å². The van der Waals surface area contributed by atoms with Gasteiger partial charge in [-0.25, -0.2) is 0 Å². The van der Waals surface area contributed by atoms with Crippen molar-refractivity contribution in [3.8, 4) is 0 Å². The van der Waals surface area contributed by atoms with Crippen molar-refractivity contribution in [3.05, 3.63) is 0 Å². The highest BCUT2D eigenvalue weighted by atomic mass is 32.2. The van der Waals surface area contributed by atoms with Crippen molar-refractivity contribution in [2.75, 3.05) is 13.4 Å². The summed E-state index contributed by atoms with van der Waals surface area (Å²) < 4.78 is 30.9. The Bertz CT molecular complexity index is 342. The summed E-state index contributed by atoms with van der Waals surface area (Å²) in [5.74, 6) is -0.592. The first-order chi connectivity index (χ1) is 6.79. The Balaban J connectivity index is 2.59. The minimum absolute atomic E-state index is 0.258. The van der Waals surface area contributed by atoms with Crippen LogP contribution in [-0.2, 0) is 23.8 Å². The molecule has 0 heterocycles. The third-order valence-electron chi connectivity index (χ3n) is 2.26. The molecule has 0 aromatic carbocycles. The number of aliphatic hydroxyl groups excluding tert-OH is 1. The third-order valence-corrected chi connectivity index (χ3v) is 2.89. The molecule has 0 spiro atoms. The lowest BCUT2D eigenvalue weighted by Crippen LogP contribution is -2.35. The van der Waals surface area contributed by atoms with Gasteiger partial charge < -0.3 is 9.84 Å². The number of hydrogen-bond donors (Lipinski definition) is 1. The average Bonchev–Trinajstić information content (AvgIpc) is 2.82. The van der Waals surface area contributed by atoms with Crippen LogP contribution in [0.25, 0.3) is 0 Å². The molecule has 1 aliphatic carbocycles. The van der Waals surface area contributed by atoms with Gasteiger partial charge >= 0.3 is 5.97 Å². The Kier molecular flexibility index (Phi) is 3.37. The molecule has 0 saturated heterocycles. The summed E-state index contributed by atoms with van der Waals surface area (Å²) in [6, 6.07) is 0. The Morgan fingerprint density at radius 1 is 1.53 bits per heavy atom. The number of carbonyl (C=O) groups is 1. The van der Waals surface area contributed by atoms with Crippen LogP contribution in [0.15, 0.2) is 0 Å². The van der Waals surface area contributed by atoms with Crippen molar-refractivity contribution in [2.24, 2.45) is 0 Å². The molecule has 1 atom stereocenters. The van der Waals surface area contributed by atoms with Crippen molar-refractivity contribution in [3.63, 3.8) is 0 Å². The van der Waals surface area contributed by atoms with Gasteiger partial charge in [-0.1, -0.05) is 0 Å². The maximum absolute atomic E-state index is 10.9. The van der Waals surface area contributed by atoms with Crippen molar-refractivity contribution in [1.29, 1.82) is 0 Å². The first kappa shape index (κ1) is 12.4. The van der Waals surface area contributed by atoms with Gasteiger partial charge in [-0.15, -0.1) is 0 Å². The second-order valence-electron chi connectivity index (χ2n) is 3.65. The van der Waals surface area contributed by atoms with Crippen LogP contribution in [-0.4, -0.2) is 44.6 Å². The number of methoxy groups -OCH3 is 1. The van der Waals surface area contributed by atoms with Crippen LogP contribution in [0.2, 0.25) is 0 Å². The predicted molar refractivity (Wildman–Crippen MR) is 50.5 cm³/mol. The Labute approximate surface area is 88.3 Å². The molecule has 0 radical (unpaired) electrons. The molecule has 1 N–H and O–H groups in total. The largest absolute Gasteiger partial charge is 0.469 e. The fourth-order valence-corrected chi connectivity index (χ4v) is 2.20. The zero-order valence-electron chi connectivity index (χ0n) is 8.60. The highest BCUT2D eigenvalue weighted by Crippen LogP contribution is 2.44. The number of esters is 1. The summed E-state index contributed by atoms with van der Waals surface area (Å²) in [7, 11) is -2.42. The van der Waals surface area contributed by atoms with Crippen molar-refractivity contribution >= 4 is 16.1 Å². The van der Waals surface area contributed by atoms with Gasteiger partial charge in [0.15, 0.2) is 0 Å². The molecule has 0 aromatic heterocycles. The Hall–Kier alpha value is -0.660. The van der Waals surface area contributed by atoms with Gasteiger partial charge in [0, 0.05) is 0 Å². The molecule has 1 saturated carbocycles. The highest BCUT2D eigenvalue weighted by molar-refractivity contribution is 7.86. The van der Waals surface area contributed by atoms with Crippen LogP contribution in [0.1, 0.15) is 19.3 Å². The van der Waals surface area contributed by atoms with Gasteiger partial charge in [0.2, 0.25) is 0 Å². The molecule has 0 unspecified atom stereocenters. The number of aliphatic hydroxyl groups is 1. The molecule has 15 heavy (non-hydrogen) atoms. The van der Waals surface area contributed by atoms with E-state index in [9.17, 15) is 18.3 Å². The van der Waals surface area contributed by atoms with E-state index in [1.165, 1.54) is 7.11 Å². The van der Waals surface area contributed by atoms with Crippen LogP contribution >= 0.6 is 0 Å². The summed E-state index contributed by atoms with van der Waals surface area (Å²) in [4.78, 5) is 10.9. The first-order valence-electron chi connectivity index (χ1n) is 4.44.